The Bertz CT molecular complexity index is 879. The Balaban J connectivity index is 1.52. The van der Waals surface area contributed by atoms with E-state index in [1.165, 1.54) is 0 Å². The van der Waals surface area contributed by atoms with Crippen LogP contribution in [0, 0.1) is 23.2 Å². The minimum atomic E-state index is -0.627. The zero-order valence-corrected chi connectivity index (χ0v) is 15.6. The molecule has 1 aliphatic carbocycles. The Hall–Kier alpha value is -2.28. The molecule has 2 aromatic rings. The van der Waals surface area contributed by atoms with Crippen LogP contribution in [0.15, 0.2) is 24.5 Å². The molecule has 4 rings (SSSR count). The first kappa shape index (κ1) is 17.1. The predicted molar refractivity (Wildman–Crippen MR) is 99.9 cm³/mol. The summed E-state index contributed by atoms with van der Waals surface area (Å²) in [6.07, 6.45) is 4.67. The van der Waals surface area contributed by atoms with Gasteiger partial charge < -0.3 is 20.4 Å². The van der Waals surface area contributed by atoms with Gasteiger partial charge in [-0.2, -0.15) is 0 Å². The van der Waals surface area contributed by atoms with E-state index in [9.17, 15) is 4.79 Å². The van der Waals surface area contributed by atoms with Crippen molar-refractivity contribution < 1.29 is 4.79 Å². The molecule has 26 heavy (non-hydrogen) atoms. The molecule has 4 N–H and O–H groups in total. The summed E-state index contributed by atoms with van der Waals surface area (Å²) >= 11 is 6.23. The summed E-state index contributed by atoms with van der Waals surface area (Å²) in [6, 6.07) is 3.69. The molecule has 2 fully saturated rings. The molecular weight excluding hydrogens is 352 g/mol. The molecule has 2 atom stereocenters. The van der Waals surface area contributed by atoms with Crippen molar-refractivity contribution in [1.29, 1.82) is 5.41 Å². The predicted octanol–water partition coefficient (Wildman–Crippen LogP) is 1.80. The number of amides is 1. The maximum atomic E-state index is 13.0. The maximum Gasteiger partial charge on any atom is 0.224 e. The Morgan fingerprint density at radius 2 is 2.12 bits per heavy atom. The summed E-state index contributed by atoms with van der Waals surface area (Å²) in [4.78, 5) is 19.3. The highest BCUT2D eigenvalue weighted by molar-refractivity contribution is 6.33. The van der Waals surface area contributed by atoms with Crippen LogP contribution in [0.1, 0.15) is 26.1 Å². The smallest absolute Gasteiger partial charge is 0.224 e. The number of nitrogens with two attached hydrogens (primary N) is 1. The lowest BCUT2D eigenvalue weighted by Crippen LogP contribution is -2.62. The van der Waals surface area contributed by atoms with Gasteiger partial charge in [0.1, 0.15) is 5.82 Å². The Morgan fingerprint density at radius 3 is 2.77 bits per heavy atom. The summed E-state index contributed by atoms with van der Waals surface area (Å²) in [6.45, 7) is 5.28. The average Bonchev–Trinajstić information content (AvgIpc) is 3.00. The quantitative estimate of drug-likeness (QED) is 0.563. The highest BCUT2D eigenvalue weighted by atomic mass is 35.5. The number of carbonyl (C=O) groups excluding carboxylic acids is 1. The molecule has 0 spiro atoms. The van der Waals surface area contributed by atoms with E-state index in [1.54, 1.807) is 6.20 Å². The second-order valence-corrected chi connectivity index (χ2v) is 8.29. The first-order valence-electron chi connectivity index (χ1n) is 8.81. The fraction of sp³-hybridized carbons (Fsp3) is 0.500. The topological polar surface area (TPSA) is 99.5 Å². The van der Waals surface area contributed by atoms with Gasteiger partial charge in [-0.3, -0.25) is 10.2 Å². The third-order valence-electron chi connectivity index (χ3n) is 5.69. The van der Waals surface area contributed by atoms with Crippen LogP contribution in [-0.2, 0) is 10.3 Å². The second-order valence-electron chi connectivity index (χ2n) is 7.88. The van der Waals surface area contributed by atoms with Crippen LogP contribution < -0.4 is 11.1 Å². The van der Waals surface area contributed by atoms with E-state index in [4.69, 9.17) is 22.7 Å². The Morgan fingerprint density at radius 1 is 1.42 bits per heavy atom. The van der Waals surface area contributed by atoms with E-state index in [1.807, 2.05) is 41.5 Å². The van der Waals surface area contributed by atoms with Crippen molar-refractivity contribution in [3.05, 3.63) is 35.4 Å². The van der Waals surface area contributed by atoms with Gasteiger partial charge in [-0.15, -0.1) is 0 Å². The lowest BCUT2D eigenvalue weighted by Gasteiger charge is -2.53. The largest absolute Gasteiger partial charge is 0.370 e. The monoisotopic (exact) mass is 374 g/mol. The first-order chi connectivity index (χ1) is 12.3. The SMILES string of the molecule is CC(C)(NC(=O)C1C2CC1CN(C(=N)N)C2)c1ncc2c(Cl)cccn12. The van der Waals surface area contributed by atoms with Crippen molar-refractivity contribution in [2.45, 2.75) is 25.8 Å². The first-order valence-corrected chi connectivity index (χ1v) is 9.19. The van der Waals surface area contributed by atoms with Crippen molar-refractivity contribution in [3.8, 4) is 0 Å². The molecule has 138 valence electrons. The van der Waals surface area contributed by atoms with Crippen LogP contribution in [0.4, 0.5) is 0 Å². The van der Waals surface area contributed by atoms with Crippen molar-refractivity contribution in [2.75, 3.05) is 13.1 Å². The number of halogens is 1. The van der Waals surface area contributed by atoms with Crippen molar-refractivity contribution in [1.82, 2.24) is 19.6 Å². The van der Waals surface area contributed by atoms with E-state index < -0.39 is 5.54 Å². The third-order valence-corrected chi connectivity index (χ3v) is 6.01. The molecule has 1 amide bonds. The van der Waals surface area contributed by atoms with E-state index in [0.717, 1.165) is 17.8 Å². The number of hydrogen-bond donors (Lipinski definition) is 3. The summed E-state index contributed by atoms with van der Waals surface area (Å²) in [7, 11) is 0. The molecule has 8 heteroatoms. The van der Waals surface area contributed by atoms with Gasteiger partial charge in [0.2, 0.25) is 5.91 Å². The number of pyridine rings is 1. The molecule has 0 radical (unpaired) electrons. The van der Waals surface area contributed by atoms with Gasteiger partial charge in [-0.25, -0.2) is 4.98 Å². The summed E-state index contributed by atoms with van der Waals surface area (Å²) in [5, 5.41) is 11.4. The average molecular weight is 375 g/mol. The molecule has 1 aliphatic heterocycles. The third kappa shape index (κ3) is 2.61. The van der Waals surface area contributed by atoms with Crippen LogP contribution in [0.3, 0.4) is 0 Å². The summed E-state index contributed by atoms with van der Waals surface area (Å²) < 4.78 is 1.92. The van der Waals surface area contributed by atoms with Gasteiger partial charge in [-0.05, 0) is 44.2 Å². The fourth-order valence-corrected chi connectivity index (χ4v) is 4.62. The Labute approximate surface area is 157 Å². The van der Waals surface area contributed by atoms with Gasteiger partial charge in [0.05, 0.1) is 22.3 Å². The number of likely N-dealkylation sites (tertiary alicyclic amines) is 1. The van der Waals surface area contributed by atoms with Crippen molar-refractivity contribution in [2.24, 2.45) is 23.5 Å². The number of carbonyl (C=O) groups is 1. The molecule has 2 bridgehead atoms. The maximum absolute atomic E-state index is 13.0. The fourth-order valence-electron chi connectivity index (χ4n) is 4.41. The number of rotatable bonds is 3. The molecule has 1 saturated heterocycles. The van der Waals surface area contributed by atoms with Gasteiger partial charge in [0, 0.05) is 25.2 Å². The summed E-state index contributed by atoms with van der Waals surface area (Å²) in [5.41, 5.74) is 5.79. The number of fused-ring (bicyclic) bond motifs is 3. The normalized spacial score (nSPS) is 25.0. The molecule has 7 nitrogen and oxygen atoms in total. The van der Waals surface area contributed by atoms with Crippen LogP contribution in [-0.4, -0.2) is 39.2 Å². The minimum absolute atomic E-state index is 0.0142. The molecular formula is C18H23ClN6O. The zero-order valence-electron chi connectivity index (χ0n) is 14.9. The van der Waals surface area contributed by atoms with Gasteiger partial charge >= 0.3 is 0 Å². The van der Waals surface area contributed by atoms with Gasteiger partial charge in [0.25, 0.3) is 0 Å². The number of piperidine rings is 2. The molecule has 1 saturated carbocycles. The second kappa shape index (κ2) is 5.87. The number of imidazole rings is 1. The van der Waals surface area contributed by atoms with E-state index >= 15 is 0 Å². The lowest BCUT2D eigenvalue weighted by atomic mass is 9.61. The Kier molecular flexibility index (Phi) is 3.87. The van der Waals surface area contributed by atoms with Gasteiger partial charge in [-0.1, -0.05) is 11.6 Å². The molecule has 2 aromatic heterocycles. The van der Waals surface area contributed by atoms with E-state index in [0.29, 0.717) is 18.1 Å². The van der Waals surface area contributed by atoms with Crippen molar-refractivity contribution in [3.63, 3.8) is 0 Å². The molecule has 2 unspecified atom stereocenters. The molecule has 3 heterocycles. The molecule has 0 aromatic carbocycles. The highest BCUT2D eigenvalue weighted by Crippen LogP contribution is 2.45. The number of aromatic nitrogens is 2. The molecule has 2 aliphatic rings. The van der Waals surface area contributed by atoms with Crippen LogP contribution >= 0.6 is 11.6 Å². The van der Waals surface area contributed by atoms with Crippen LogP contribution in [0.5, 0.6) is 0 Å². The number of hydrogen-bond acceptors (Lipinski definition) is 3. The standard InChI is InChI=1S/C18H23ClN6O/c1-18(2,16-22-7-13-12(19)4-3-5-25(13)16)23-15(26)14-10-6-11(14)9-24(8-10)17(20)21/h3-5,7,10-11,14H,6,8-9H2,1-2H3,(H3,20,21)(H,23,26). The number of nitrogens with zero attached hydrogens (tertiary/aromatic N) is 3. The van der Waals surface area contributed by atoms with Crippen LogP contribution in [0.25, 0.3) is 5.52 Å². The lowest BCUT2D eigenvalue weighted by molar-refractivity contribution is -0.141. The highest BCUT2D eigenvalue weighted by Gasteiger charge is 2.51. The summed E-state index contributed by atoms with van der Waals surface area (Å²) in [5.74, 6) is 1.41. The minimum Gasteiger partial charge on any atom is -0.370 e. The van der Waals surface area contributed by atoms with E-state index in [-0.39, 0.29) is 29.6 Å². The van der Waals surface area contributed by atoms with Crippen LogP contribution in [0.2, 0.25) is 5.02 Å². The zero-order chi connectivity index (χ0) is 18.6. The van der Waals surface area contributed by atoms with Crippen molar-refractivity contribution >= 4 is 29.0 Å². The van der Waals surface area contributed by atoms with Gasteiger partial charge in [0.15, 0.2) is 5.96 Å². The number of guanidine groups is 1. The van der Waals surface area contributed by atoms with E-state index in [2.05, 4.69) is 10.3 Å². The number of nitrogens with one attached hydrogen (secondary N) is 2.